The predicted molar refractivity (Wildman–Crippen MR) is 71.4 cm³/mol. The highest BCUT2D eigenvalue weighted by atomic mass is 32.2. The monoisotopic (exact) mass is 287 g/mol. The lowest BCUT2D eigenvalue weighted by Gasteiger charge is -2.30. The average Bonchev–Trinajstić information content (AvgIpc) is 2.93. The summed E-state index contributed by atoms with van der Waals surface area (Å²) in [5.41, 5.74) is 0. The van der Waals surface area contributed by atoms with Crippen molar-refractivity contribution in [2.24, 2.45) is 5.92 Å². The van der Waals surface area contributed by atoms with Crippen LogP contribution in [0.5, 0.6) is 0 Å². The molecule has 1 aliphatic carbocycles. The SMILES string of the molecule is CC(C(=O)N1CCCC1C1CCCC1=O)S(C)(=O)=O. The molecule has 0 aromatic heterocycles. The summed E-state index contributed by atoms with van der Waals surface area (Å²) in [5, 5.41) is -1.01. The zero-order chi connectivity index (χ0) is 14.2. The van der Waals surface area contributed by atoms with Crippen LogP contribution in [0.4, 0.5) is 0 Å². The van der Waals surface area contributed by atoms with E-state index in [0.717, 1.165) is 31.9 Å². The molecular weight excluding hydrogens is 266 g/mol. The molecule has 2 rings (SSSR count). The molecule has 1 saturated heterocycles. The van der Waals surface area contributed by atoms with Gasteiger partial charge in [-0.3, -0.25) is 9.59 Å². The average molecular weight is 287 g/mol. The van der Waals surface area contributed by atoms with Gasteiger partial charge in [0.2, 0.25) is 5.91 Å². The van der Waals surface area contributed by atoms with Crippen LogP contribution in [0.25, 0.3) is 0 Å². The zero-order valence-corrected chi connectivity index (χ0v) is 12.3. The van der Waals surface area contributed by atoms with E-state index in [2.05, 4.69) is 0 Å². The van der Waals surface area contributed by atoms with Crippen molar-refractivity contribution in [2.75, 3.05) is 12.8 Å². The fourth-order valence-electron chi connectivity index (χ4n) is 3.15. The first-order valence-corrected chi connectivity index (χ1v) is 8.80. The second-order valence-electron chi connectivity index (χ2n) is 5.68. The number of amides is 1. The standard InChI is InChI=1S/C13H21NO4S/c1-9(19(2,17)18)13(16)14-8-4-6-11(14)10-5-3-7-12(10)15/h9-11H,3-8H2,1-2H3. The van der Waals surface area contributed by atoms with E-state index in [1.807, 2.05) is 0 Å². The van der Waals surface area contributed by atoms with E-state index < -0.39 is 15.1 Å². The Morgan fingerprint density at radius 2 is 2.00 bits per heavy atom. The van der Waals surface area contributed by atoms with Gasteiger partial charge in [-0.05, 0) is 32.6 Å². The highest BCUT2D eigenvalue weighted by Gasteiger charge is 2.42. The van der Waals surface area contributed by atoms with E-state index in [9.17, 15) is 18.0 Å². The Bertz CT molecular complexity index is 485. The van der Waals surface area contributed by atoms with Crippen LogP contribution < -0.4 is 0 Å². The molecule has 3 atom stereocenters. The third-order valence-corrected chi connectivity index (χ3v) is 5.87. The van der Waals surface area contributed by atoms with Crippen molar-refractivity contribution in [1.29, 1.82) is 0 Å². The number of Topliss-reactive ketones (excluding diaryl/α,β-unsaturated/α-hetero) is 1. The number of sulfone groups is 1. The van der Waals surface area contributed by atoms with E-state index in [0.29, 0.717) is 13.0 Å². The highest BCUT2D eigenvalue weighted by molar-refractivity contribution is 7.92. The van der Waals surface area contributed by atoms with Gasteiger partial charge in [0, 0.05) is 31.2 Å². The van der Waals surface area contributed by atoms with Gasteiger partial charge in [-0.15, -0.1) is 0 Å². The predicted octanol–water partition coefficient (Wildman–Crippen LogP) is 0.780. The van der Waals surface area contributed by atoms with Crippen LogP contribution in [-0.4, -0.2) is 49.1 Å². The Hall–Kier alpha value is -0.910. The quantitative estimate of drug-likeness (QED) is 0.769. The minimum atomic E-state index is -3.38. The summed E-state index contributed by atoms with van der Waals surface area (Å²) in [6.07, 6.45) is 5.09. The van der Waals surface area contributed by atoms with Crippen molar-refractivity contribution in [3.63, 3.8) is 0 Å². The van der Waals surface area contributed by atoms with E-state index in [1.54, 1.807) is 4.90 Å². The van der Waals surface area contributed by atoms with Crippen LogP contribution in [0.3, 0.4) is 0 Å². The Labute approximate surface area is 114 Å². The molecule has 5 nitrogen and oxygen atoms in total. The molecule has 0 aromatic carbocycles. The molecule has 0 radical (unpaired) electrons. The van der Waals surface area contributed by atoms with Crippen molar-refractivity contribution < 1.29 is 18.0 Å². The molecule has 0 spiro atoms. The fourth-order valence-corrected chi connectivity index (χ4v) is 3.65. The molecule has 1 saturated carbocycles. The molecule has 1 aliphatic heterocycles. The minimum Gasteiger partial charge on any atom is -0.338 e. The van der Waals surface area contributed by atoms with Gasteiger partial charge in [0.25, 0.3) is 0 Å². The Kier molecular flexibility index (Phi) is 3.99. The summed E-state index contributed by atoms with van der Waals surface area (Å²) >= 11 is 0. The van der Waals surface area contributed by atoms with Gasteiger partial charge >= 0.3 is 0 Å². The lowest BCUT2D eigenvalue weighted by atomic mass is 9.95. The van der Waals surface area contributed by atoms with Crippen molar-refractivity contribution in [3.05, 3.63) is 0 Å². The maximum Gasteiger partial charge on any atom is 0.240 e. The number of likely N-dealkylation sites (tertiary alicyclic amines) is 1. The van der Waals surface area contributed by atoms with Gasteiger partial charge in [-0.25, -0.2) is 8.42 Å². The van der Waals surface area contributed by atoms with Gasteiger partial charge in [0.15, 0.2) is 9.84 Å². The van der Waals surface area contributed by atoms with Crippen LogP contribution in [-0.2, 0) is 19.4 Å². The molecule has 0 N–H and O–H groups in total. The van der Waals surface area contributed by atoms with E-state index in [4.69, 9.17) is 0 Å². The number of hydrogen-bond acceptors (Lipinski definition) is 4. The van der Waals surface area contributed by atoms with Gasteiger partial charge in [0.1, 0.15) is 11.0 Å². The second kappa shape index (κ2) is 5.23. The Morgan fingerprint density at radius 1 is 1.32 bits per heavy atom. The fraction of sp³-hybridized carbons (Fsp3) is 0.846. The van der Waals surface area contributed by atoms with Gasteiger partial charge < -0.3 is 4.90 Å². The van der Waals surface area contributed by atoms with E-state index >= 15 is 0 Å². The summed E-state index contributed by atoms with van der Waals surface area (Å²) in [4.78, 5) is 25.8. The lowest BCUT2D eigenvalue weighted by molar-refractivity contribution is -0.133. The molecule has 2 fully saturated rings. The number of ketones is 1. The molecule has 19 heavy (non-hydrogen) atoms. The molecule has 3 unspecified atom stereocenters. The first-order valence-electron chi connectivity index (χ1n) is 6.84. The van der Waals surface area contributed by atoms with Gasteiger partial charge in [0.05, 0.1) is 0 Å². The van der Waals surface area contributed by atoms with Crippen LogP contribution >= 0.6 is 0 Å². The van der Waals surface area contributed by atoms with E-state index in [-0.39, 0.29) is 23.7 Å². The summed E-state index contributed by atoms with van der Waals surface area (Å²) in [5.74, 6) is -0.181. The molecule has 108 valence electrons. The third kappa shape index (κ3) is 2.83. The Balaban J connectivity index is 2.15. The second-order valence-corrected chi connectivity index (χ2v) is 8.04. The number of hydrogen-bond donors (Lipinski definition) is 0. The molecule has 1 amide bonds. The summed E-state index contributed by atoms with van der Waals surface area (Å²) in [6.45, 7) is 2.01. The normalized spacial score (nSPS) is 29.8. The maximum atomic E-state index is 12.3. The Morgan fingerprint density at radius 3 is 2.53 bits per heavy atom. The van der Waals surface area contributed by atoms with Crippen molar-refractivity contribution in [1.82, 2.24) is 4.90 Å². The summed E-state index contributed by atoms with van der Waals surface area (Å²) < 4.78 is 23.0. The number of carbonyl (C=O) groups is 2. The largest absolute Gasteiger partial charge is 0.338 e. The van der Waals surface area contributed by atoms with Crippen LogP contribution in [0.2, 0.25) is 0 Å². The highest BCUT2D eigenvalue weighted by Crippen LogP contribution is 2.33. The van der Waals surface area contributed by atoms with Crippen LogP contribution in [0, 0.1) is 5.92 Å². The summed E-state index contributed by atoms with van der Waals surface area (Å²) in [7, 11) is -3.38. The smallest absolute Gasteiger partial charge is 0.240 e. The molecule has 0 aromatic rings. The lowest BCUT2D eigenvalue weighted by Crippen LogP contribution is -2.47. The zero-order valence-electron chi connectivity index (χ0n) is 11.5. The number of carbonyl (C=O) groups excluding carboxylic acids is 2. The minimum absolute atomic E-state index is 0.0711. The summed E-state index contributed by atoms with van der Waals surface area (Å²) in [6, 6.07) is -0.0771. The van der Waals surface area contributed by atoms with Crippen molar-refractivity contribution in [3.8, 4) is 0 Å². The third-order valence-electron chi connectivity index (χ3n) is 4.39. The molecule has 1 heterocycles. The molecule has 2 aliphatic rings. The first-order chi connectivity index (χ1) is 8.82. The van der Waals surface area contributed by atoms with Gasteiger partial charge in [-0.2, -0.15) is 0 Å². The van der Waals surface area contributed by atoms with Crippen LogP contribution in [0.1, 0.15) is 39.0 Å². The number of nitrogens with zero attached hydrogens (tertiary/aromatic N) is 1. The molecule has 0 bridgehead atoms. The molecule has 6 heteroatoms. The number of rotatable bonds is 3. The first kappa shape index (κ1) is 14.5. The van der Waals surface area contributed by atoms with E-state index in [1.165, 1.54) is 6.92 Å². The van der Waals surface area contributed by atoms with Crippen molar-refractivity contribution >= 4 is 21.5 Å². The maximum absolute atomic E-state index is 12.3. The van der Waals surface area contributed by atoms with Crippen LogP contribution in [0.15, 0.2) is 0 Å². The van der Waals surface area contributed by atoms with Gasteiger partial charge in [-0.1, -0.05) is 0 Å². The van der Waals surface area contributed by atoms with Crippen molar-refractivity contribution in [2.45, 2.75) is 50.3 Å². The molecular formula is C13H21NO4S. The topological polar surface area (TPSA) is 71.5 Å².